The third kappa shape index (κ3) is 3.23. The first-order valence-electron chi connectivity index (χ1n) is 8.15. The Morgan fingerprint density at radius 3 is 2.96 bits per heavy atom. The van der Waals surface area contributed by atoms with E-state index in [1.165, 1.54) is 17.6 Å². The molecule has 0 spiro atoms. The molecule has 1 atom stereocenters. The van der Waals surface area contributed by atoms with Crippen LogP contribution in [0.5, 0.6) is 0 Å². The Morgan fingerprint density at radius 1 is 1.27 bits per heavy atom. The lowest BCUT2D eigenvalue weighted by Gasteiger charge is -2.32. The molecule has 0 aromatic carbocycles. The van der Waals surface area contributed by atoms with Gasteiger partial charge in [0.15, 0.2) is 5.76 Å². The Morgan fingerprint density at radius 2 is 2.19 bits per heavy atom. The van der Waals surface area contributed by atoms with Crippen LogP contribution in [0.15, 0.2) is 52.7 Å². The summed E-state index contributed by atoms with van der Waals surface area (Å²) in [6, 6.07) is 7.00. The van der Waals surface area contributed by atoms with E-state index >= 15 is 0 Å². The molecule has 4 heterocycles. The highest BCUT2D eigenvalue weighted by molar-refractivity contribution is 7.09. The summed E-state index contributed by atoms with van der Waals surface area (Å²) in [5.41, 5.74) is 1.58. The van der Waals surface area contributed by atoms with Gasteiger partial charge in [-0.2, -0.15) is 0 Å². The average molecular weight is 368 g/mol. The molecule has 3 aromatic rings. The van der Waals surface area contributed by atoms with E-state index in [2.05, 4.69) is 15.3 Å². The molecule has 7 nitrogen and oxygen atoms in total. The van der Waals surface area contributed by atoms with Crippen molar-refractivity contribution in [1.82, 2.24) is 20.2 Å². The summed E-state index contributed by atoms with van der Waals surface area (Å²) in [7, 11) is 0. The lowest BCUT2D eigenvalue weighted by molar-refractivity contribution is -0.123. The summed E-state index contributed by atoms with van der Waals surface area (Å²) in [5.74, 6) is -0.669. The molecule has 8 heteroatoms. The van der Waals surface area contributed by atoms with Crippen molar-refractivity contribution in [3.8, 4) is 0 Å². The minimum atomic E-state index is -0.529. The van der Waals surface area contributed by atoms with Gasteiger partial charge in [-0.15, -0.1) is 11.3 Å². The van der Waals surface area contributed by atoms with Crippen LogP contribution < -0.4 is 5.32 Å². The van der Waals surface area contributed by atoms with E-state index < -0.39 is 5.92 Å². The molecule has 4 rings (SSSR count). The van der Waals surface area contributed by atoms with Gasteiger partial charge in [-0.05, 0) is 23.8 Å². The Hall–Kier alpha value is -3.00. The fourth-order valence-corrected chi connectivity index (χ4v) is 3.58. The third-order valence-corrected chi connectivity index (χ3v) is 5.03. The van der Waals surface area contributed by atoms with Gasteiger partial charge in [0.25, 0.3) is 5.91 Å². The number of amides is 2. The SMILES string of the molecule is O=C(NCc1nccs1)C1CN(C(=O)c2ccco2)Cc2cccnc21. The number of nitrogens with one attached hydrogen (secondary N) is 1. The van der Waals surface area contributed by atoms with Crippen molar-refractivity contribution in [3.63, 3.8) is 0 Å². The van der Waals surface area contributed by atoms with Gasteiger partial charge < -0.3 is 14.6 Å². The van der Waals surface area contributed by atoms with Crippen LogP contribution in [0.2, 0.25) is 0 Å². The highest BCUT2D eigenvalue weighted by atomic mass is 32.1. The number of carbonyl (C=O) groups is 2. The first-order valence-corrected chi connectivity index (χ1v) is 9.03. The zero-order valence-electron chi connectivity index (χ0n) is 13.8. The Labute approximate surface area is 153 Å². The van der Waals surface area contributed by atoms with Crippen molar-refractivity contribution in [2.24, 2.45) is 0 Å². The number of hydrogen-bond donors (Lipinski definition) is 1. The number of furan rings is 1. The smallest absolute Gasteiger partial charge is 0.289 e. The molecule has 0 radical (unpaired) electrons. The standard InChI is InChI=1S/C18H16N4O3S/c23-17(21-9-15-19-6-8-26-15)13-11-22(18(24)14-4-2-7-25-14)10-12-3-1-5-20-16(12)13/h1-8,13H,9-11H2,(H,21,23). The molecule has 2 amide bonds. The molecule has 0 saturated carbocycles. The maximum atomic E-state index is 12.8. The monoisotopic (exact) mass is 368 g/mol. The van der Waals surface area contributed by atoms with Gasteiger partial charge in [0.1, 0.15) is 5.01 Å². The van der Waals surface area contributed by atoms with Crippen LogP contribution in [0.4, 0.5) is 0 Å². The Kier molecular flexibility index (Phi) is 4.49. The number of aromatic nitrogens is 2. The van der Waals surface area contributed by atoms with Gasteiger partial charge in [0, 0.05) is 30.9 Å². The van der Waals surface area contributed by atoms with Crippen molar-refractivity contribution in [2.75, 3.05) is 6.54 Å². The molecule has 1 N–H and O–H groups in total. The Bertz CT molecular complexity index is 908. The first kappa shape index (κ1) is 16.5. The largest absolute Gasteiger partial charge is 0.459 e. The summed E-state index contributed by atoms with van der Waals surface area (Å²) in [6.07, 6.45) is 4.84. The molecule has 1 unspecified atom stereocenters. The summed E-state index contributed by atoms with van der Waals surface area (Å²) in [4.78, 5) is 35.6. The predicted octanol–water partition coefficient (Wildman–Crippen LogP) is 2.19. The second-order valence-electron chi connectivity index (χ2n) is 5.91. The zero-order chi connectivity index (χ0) is 17.9. The lowest BCUT2D eigenvalue weighted by Crippen LogP contribution is -2.44. The van der Waals surface area contributed by atoms with Gasteiger partial charge in [-0.25, -0.2) is 4.98 Å². The van der Waals surface area contributed by atoms with E-state index in [0.717, 1.165) is 10.6 Å². The number of rotatable bonds is 4. The highest BCUT2D eigenvalue weighted by Crippen LogP contribution is 2.28. The second kappa shape index (κ2) is 7.09. The Balaban J connectivity index is 1.56. The van der Waals surface area contributed by atoms with Crippen molar-refractivity contribution >= 4 is 23.2 Å². The summed E-state index contributed by atoms with van der Waals surface area (Å²) >= 11 is 1.48. The van der Waals surface area contributed by atoms with Crippen LogP contribution in [0.1, 0.15) is 32.7 Å². The number of fused-ring (bicyclic) bond motifs is 1. The van der Waals surface area contributed by atoms with E-state index in [4.69, 9.17) is 4.42 Å². The van der Waals surface area contributed by atoms with E-state index in [9.17, 15) is 9.59 Å². The molecule has 26 heavy (non-hydrogen) atoms. The van der Waals surface area contributed by atoms with E-state index in [0.29, 0.717) is 18.8 Å². The van der Waals surface area contributed by atoms with Gasteiger partial charge in [0.05, 0.1) is 24.4 Å². The van der Waals surface area contributed by atoms with E-state index in [-0.39, 0.29) is 24.1 Å². The molecule has 1 aliphatic rings. The van der Waals surface area contributed by atoms with E-state index in [1.54, 1.807) is 29.4 Å². The van der Waals surface area contributed by atoms with Crippen LogP contribution in [0.3, 0.4) is 0 Å². The van der Waals surface area contributed by atoms with Crippen molar-refractivity contribution < 1.29 is 14.0 Å². The molecular weight excluding hydrogens is 352 g/mol. The topological polar surface area (TPSA) is 88.3 Å². The molecule has 1 aliphatic heterocycles. The first-order chi connectivity index (χ1) is 12.7. The minimum Gasteiger partial charge on any atom is -0.459 e. The quantitative estimate of drug-likeness (QED) is 0.763. The van der Waals surface area contributed by atoms with Gasteiger partial charge in [0.2, 0.25) is 5.91 Å². The van der Waals surface area contributed by atoms with Crippen LogP contribution in [0.25, 0.3) is 0 Å². The van der Waals surface area contributed by atoms with E-state index in [1.807, 2.05) is 17.5 Å². The molecule has 0 fully saturated rings. The molecule has 0 saturated heterocycles. The van der Waals surface area contributed by atoms with Gasteiger partial charge >= 0.3 is 0 Å². The van der Waals surface area contributed by atoms with Crippen LogP contribution >= 0.6 is 11.3 Å². The van der Waals surface area contributed by atoms with Crippen LogP contribution in [-0.2, 0) is 17.9 Å². The molecule has 3 aromatic heterocycles. The normalized spacial score (nSPS) is 16.2. The fraction of sp³-hybridized carbons (Fsp3) is 0.222. The van der Waals surface area contributed by atoms with Crippen LogP contribution in [-0.4, -0.2) is 33.2 Å². The molecule has 0 aliphatic carbocycles. The third-order valence-electron chi connectivity index (χ3n) is 4.25. The summed E-state index contributed by atoms with van der Waals surface area (Å²) in [6.45, 7) is 1.02. The number of hydrogen-bond acceptors (Lipinski definition) is 6. The fourth-order valence-electron chi connectivity index (χ4n) is 3.02. The van der Waals surface area contributed by atoms with Crippen molar-refractivity contribution in [2.45, 2.75) is 19.0 Å². The highest BCUT2D eigenvalue weighted by Gasteiger charge is 2.34. The summed E-state index contributed by atoms with van der Waals surface area (Å²) in [5, 5.41) is 5.59. The molecular formula is C18H16N4O3S. The maximum Gasteiger partial charge on any atom is 0.289 e. The number of nitrogens with zero attached hydrogens (tertiary/aromatic N) is 3. The molecule has 0 bridgehead atoms. The zero-order valence-corrected chi connectivity index (χ0v) is 14.6. The lowest BCUT2D eigenvalue weighted by atomic mass is 9.93. The number of pyridine rings is 1. The second-order valence-corrected chi connectivity index (χ2v) is 6.89. The molecule has 132 valence electrons. The maximum absolute atomic E-state index is 12.8. The van der Waals surface area contributed by atoms with Gasteiger partial charge in [-0.1, -0.05) is 6.07 Å². The van der Waals surface area contributed by atoms with Gasteiger partial charge in [-0.3, -0.25) is 14.6 Å². The predicted molar refractivity (Wildman–Crippen MR) is 94.4 cm³/mol. The minimum absolute atomic E-state index is 0.169. The summed E-state index contributed by atoms with van der Waals surface area (Å²) < 4.78 is 5.21. The number of thiazole rings is 1. The number of carbonyl (C=O) groups excluding carboxylic acids is 2. The van der Waals surface area contributed by atoms with Crippen molar-refractivity contribution in [1.29, 1.82) is 0 Å². The van der Waals surface area contributed by atoms with Crippen molar-refractivity contribution in [3.05, 3.63) is 70.3 Å². The van der Waals surface area contributed by atoms with Crippen LogP contribution in [0, 0.1) is 0 Å². The average Bonchev–Trinajstić information content (AvgIpc) is 3.38.